The van der Waals surface area contributed by atoms with Crippen LogP contribution >= 0.6 is 0 Å². The van der Waals surface area contributed by atoms with Gasteiger partial charge in [0.1, 0.15) is 5.84 Å². The fraction of sp³-hybridized carbons (Fsp3) is 0.333. The Labute approximate surface area is 89.2 Å². The van der Waals surface area contributed by atoms with Crippen molar-refractivity contribution >= 4 is 12.1 Å². The van der Waals surface area contributed by atoms with Crippen LogP contribution in [0, 0.1) is 0 Å². The number of allylic oxidation sites excluding steroid dienone is 3. The van der Waals surface area contributed by atoms with Crippen LogP contribution in [0.3, 0.4) is 0 Å². The lowest BCUT2D eigenvalue weighted by atomic mass is 9.90. The van der Waals surface area contributed by atoms with Crippen LogP contribution in [0.15, 0.2) is 45.6 Å². The molecule has 1 atom stereocenters. The summed E-state index contributed by atoms with van der Waals surface area (Å²) < 4.78 is 0. The Morgan fingerprint density at radius 2 is 2.33 bits per heavy atom. The van der Waals surface area contributed by atoms with Gasteiger partial charge in [-0.25, -0.2) is 4.99 Å². The lowest BCUT2D eigenvalue weighted by Gasteiger charge is -2.31. The van der Waals surface area contributed by atoms with Gasteiger partial charge in [0.15, 0.2) is 0 Å². The molecule has 3 nitrogen and oxygen atoms in total. The van der Waals surface area contributed by atoms with Gasteiger partial charge in [-0.1, -0.05) is 18.2 Å². The lowest BCUT2D eigenvalue weighted by Crippen LogP contribution is -2.33. The SMILES string of the molecule is CC1=NC23N=CCC=C2C=CC=C3N1C. The van der Waals surface area contributed by atoms with Crippen LogP contribution in [0.4, 0.5) is 0 Å². The van der Waals surface area contributed by atoms with Gasteiger partial charge in [0.05, 0.1) is 5.70 Å². The molecule has 1 spiro atoms. The van der Waals surface area contributed by atoms with Crippen molar-refractivity contribution in [1.82, 2.24) is 4.90 Å². The molecule has 2 aliphatic heterocycles. The topological polar surface area (TPSA) is 28.0 Å². The summed E-state index contributed by atoms with van der Waals surface area (Å²) in [7, 11) is 2.04. The van der Waals surface area contributed by atoms with Crippen LogP contribution in [-0.4, -0.2) is 29.7 Å². The van der Waals surface area contributed by atoms with Gasteiger partial charge in [-0.2, -0.15) is 0 Å². The minimum atomic E-state index is -0.453. The summed E-state index contributed by atoms with van der Waals surface area (Å²) >= 11 is 0. The smallest absolute Gasteiger partial charge is 0.217 e. The van der Waals surface area contributed by atoms with Crippen molar-refractivity contribution in [3.8, 4) is 0 Å². The molecule has 1 unspecified atom stereocenters. The molecule has 0 amide bonds. The fourth-order valence-corrected chi connectivity index (χ4v) is 2.32. The molecule has 1 aliphatic carbocycles. The molecule has 0 bridgehead atoms. The molecule has 0 aromatic heterocycles. The third-order valence-electron chi connectivity index (χ3n) is 3.18. The first-order valence-corrected chi connectivity index (χ1v) is 5.17. The van der Waals surface area contributed by atoms with E-state index in [2.05, 4.69) is 34.2 Å². The van der Waals surface area contributed by atoms with Crippen LogP contribution < -0.4 is 0 Å². The van der Waals surface area contributed by atoms with E-state index in [4.69, 9.17) is 4.99 Å². The molecular weight excluding hydrogens is 186 g/mol. The second-order valence-corrected chi connectivity index (χ2v) is 4.01. The maximum atomic E-state index is 4.70. The summed E-state index contributed by atoms with van der Waals surface area (Å²) in [6.45, 7) is 2.02. The average Bonchev–Trinajstić information content (AvgIpc) is 2.50. The van der Waals surface area contributed by atoms with E-state index in [9.17, 15) is 0 Å². The fourth-order valence-electron chi connectivity index (χ4n) is 2.32. The average molecular weight is 199 g/mol. The molecule has 3 rings (SSSR count). The van der Waals surface area contributed by atoms with Crippen molar-refractivity contribution in [1.29, 1.82) is 0 Å². The van der Waals surface area contributed by atoms with Crippen molar-refractivity contribution in [2.75, 3.05) is 7.05 Å². The van der Waals surface area contributed by atoms with Gasteiger partial charge in [-0.05, 0) is 13.0 Å². The molecule has 2 heterocycles. The molecule has 0 saturated carbocycles. The maximum absolute atomic E-state index is 4.70. The molecule has 15 heavy (non-hydrogen) atoms. The number of amidine groups is 1. The molecule has 0 aromatic carbocycles. The normalized spacial score (nSPS) is 31.9. The number of aliphatic imine (C=N–C) groups is 2. The van der Waals surface area contributed by atoms with E-state index in [1.807, 2.05) is 20.2 Å². The van der Waals surface area contributed by atoms with E-state index in [1.165, 1.54) is 5.57 Å². The van der Waals surface area contributed by atoms with Crippen LogP contribution in [0.2, 0.25) is 0 Å². The van der Waals surface area contributed by atoms with Gasteiger partial charge in [-0.15, -0.1) is 0 Å². The summed E-state index contributed by atoms with van der Waals surface area (Å²) in [6, 6.07) is 0. The maximum Gasteiger partial charge on any atom is 0.217 e. The first-order chi connectivity index (χ1) is 7.24. The first kappa shape index (κ1) is 8.65. The summed E-state index contributed by atoms with van der Waals surface area (Å²) in [5.41, 5.74) is 1.90. The number of dihydropyridines is 1. The number of likely N-dealkylation sites (N-methyl/N-ethyl adjacent to an activating group) is 1. The zero-order chi connectivity index (χ0) is 10.5. The number of rotatable bonds is 0. The summed E-state index contributed by atoms with van der Waals surface area (Å²) in [5.74, 6) is 1.02. The minimum Gasteiger partial charge on any atom is -0.333 e. The van der Waals surface area contributed by atoms with E-state index in [-0.39, 0.29) is 0 Å². The second kappa shape index (κ2) is 2.69. The van der Waals surface area contributed by atoms with E-state index in [1.54, 1.807) is 0 Å². The highest BCUT2D eigenvalue weighted by Gasteiger charge is 2.45. The predicted octanol–water partition coefficient (Wildman–Crippen LogP) is 1.90. The zero-order valence-corrected chi connectivity index (χ0v) is 8.94. The molecule has 0 N–H and O–H groups in total. The van der Waals surface area contributed by atoms with E-state index in [0.29, 0.717) is 0 Å². The van der Waals surface area contributed by atoms with Gasteiger partial charge in [0.2, 0.25) is 5.66 Å². The van der Waals surface area contributed by atoms with Crippen molar-refractivity contribution < 1.29 is 0 Å². The Morgan fingerprint density at radius 1 is 1.47 bits per heavy atom. The van der Waals surface area contributed by atoms with Crippen molar-refractivity contribution in [3.63, 3.8) is 0 Å². The number of hydrogen-bond donors (Lipinski definition) is 0. The molecule has 3 aliphatic rings. The summed E-state index contributed by atoms with van der Waals surface area (Å²) in [5, 5.41) is 0. The Hall–Kier alpha value is -1.64. The molecule has 0 aromatic rings. The number of nitrogens with zero attached hydrogens (tertiary/aromatic N) is 3. The Morgan fingerprint density at radius 3 is 3.20 bits per heavy atom. The van der Waals surface area contributed by atoms with Gasteiger partial charge in [0.25, 0.3) is 0 Å². The Bertz CT molecular complexity index is 465. The van der Waals surface area contributed by atoms with Crippen molar-refractivity contribution in [2.45, 2.75) is 19.0 Å². The highest BCUT2D eigenvalue weighted by Crippen LogP contribution is 2.42. The number of hydrogen-bond acceptors (Lipinski definition) is 3. The molecular formula is C12H13N3. The van der Waals surface area contributed by atoms with Crippen molar-refractivity contribution in [3.05, 3.63) is 35.6 Å². The van der Waals surface area contributed by atoms with E-state index < -0.39 is 5.66 Å². The minimum absolute atomic E-state index is 0.453. The molecule has 76 valence electrons. The molecule has 3 heteroatoms. The monoisotopic (exact) mass is 199 g/mol. The van der Waals surface area contributed by atoms with Crippen LogP contribution in [0.1, 0.15) is 13.3 Å². The third-order valence-corrected chi connectivity index (χ3v) is 3.18. The van der Waals surface area contributed by atoms with Crippen LogP contribution in [0.25, 0.3) is 0 Å². The second-order valence-electron chi connectivity index (χ2n) is 4.01. The Balaban J connectivity index is 2.24. The van der Waals surface area contributed by atoms with E-state index >= 15 is 0 Å². The zero-order valence-electron chi connectivity index (χ0n) is 8.94. The molecule has 0 radical (unpaired) electrons. The van der Waals surface area contributed by atoms with Gasteiger partial charge in [0, 0.05) is 25.3 Å². The van der Waals surface area contributed by atoms with E-state index in [0.717, 1.165) is 18.0 Å². The Kier molecular flexibility index (Phi) is 1.55. The van der Waals surface area contributed by atoms with Crippen LogP contribution in [0.5, 0.6) is 0 Å². The quantitative estimate of drug-likeness (QED) is 0.585. The molecule has 0 fully saturated rings. The third kappa shape index (κ3) is 0.950. The van der Waals surface area contributed by atoms with Crippen LogP contribution in [-0.2, 0) is 0 Å². The van der Waals surface area contributed by atoms with Gasteiger partial charge < -0.3 is 4.90 Å². The van der Waals surface area contributed by atoms with Gasteiger partial charge >= 0.3 is 0 Å². The summed E-state index contributed by atoms with van der Waals surface area (Å²) in [6.07, 6.45) is 11.3. The highest BCUT2D eigenvalue weighted by molar-refractivity contribution is 5.88. The standard InChI is InChI=1S/C12H13N3/c1-9-14-12-10(6-4-8-13-12)5-3-7-11(12)15(9)2/h3,5-8H,4H2,1-2H3. The van der Waals surface area contributed by atoms with Gasteiger partial charge in [-0.3, -0.25) is 4.99 Å². The highest BCUT2D eigenvalue weighted by atomic mass is 15.3. The largest absolute Gasteiger partial charge is 0.333 e. The van der Waals surface area contributed by atoms with Crippen molar-refractivity contribution in [2.24, 2.45) is 9.98 Å². The molecule has 0 saturated heterocycles. The lowest BCUT2D eigenvalue weighted by molar-refractivity contribution is 0.528. The first-order valence-electron chi connectivity index (χ1n) is 5.17. The summed E-state index contributed by atoms with van der Waals surface area (Å²) in [4.78, 5) is 11.4. The predicted molar refractivity (Wildman–Crippen MR) is 62.0 cm³/mol.